The van der Waals surface area contributed by atoms with Crippen molar-refractivity contribution in [3.63, 3.8) is 0 Å². The number of nitrogens with zero attached hydrogens (tertiary/aromatic N) is 3. The highest BCUT2D eigenvalue weighted by Crippen LogP contribution is 2.33. The number of anilines is 1. The van der Waals surface area contributed by atoms with Gasteiger partial charge in [-0.3, -0.25) is 9.69 Å². The Labute approximate surface area is 211 Å². The number of rotatable bonds is 6. The predicted molar refractivity (Wildman–Crippen MR) is 136 cm³/mol. The molecule has 10 heteroatoms. The van der Waals surface area contributed by atoms with Gasteiger partial charge in [-0.25, -0.2) is 22.2 Å². The molecule has 0 atom stereocenters. The fourth-order valence-corrected chi connectivity index (χ4v) is 6.75. The summed E-state index contributed by atoms with van der Waals surface area (Å²) in [5.41, 5.74) is 1.07. The molecule has 4 aromatic rings. The van der Waals surface area contributed by atoms with E-state index in [1.54, 1.807) is 0 Å². The summed E-state index contributed by atoms with van der Waals surface area (Å²) in [5, 5.41) is 0.216. The average molecular weight is 528 g/mol. The van der Waals surface area contributed by atoms with Crippen LogP contribution in [-0.4, -0.2) is 36.7 Å². The van der Waals surface area contributed by atoms with Crippen LogP contribution in [0.4, 0.5) is 13.9 Å². The van der Waals surface area contributed by atoms with Gasteiger partial charge in [-0.05, 0) is 48.7 Å². The molecule has 186 valence electrons. The van der Waals surface area contributed by atoms with Gasteiger partial charge in [-0.2, -0.15) is 4.31 Å². The van der Waals surface area contributed by atoms with Crippen LogP contribution in [0.25, 0.3) is 10.2 Å². The molecule has 36 heavy (non-hydrogen) atoms. The Hall–Kier alpha value is -3.21. The van der Waals surface area contributed by atoms with Crippen molar-refractivity contribution in [3.8, 4) is 0 Å². The first-order valence-electron chi connectivity index (χ1n) is 11.5. The lowest BCUT2D eigenvalue weighted by molar-refractivity contribution is 0.0985. The molecule has 1 aliphatic rings. The van der Waals surface area contributed by atoms with Crippen LogP contribution in [0.2, 0.25) is 0 Å². The van der Waals surface area contributed by atoms with Gasteiger partial charge in [0.15, 0.2) is 10.9 Å². The van der Waals surface area contributed by atoms with E-state index in [1.807, 2.05) is 30.3 Å². The summed E-state index contributed by atoms with van der Waals surface area (Å²) in [6.07, 6.45) is 2.67. The number of amides is 1. The number of halogens is 2. The van der Waals surface area contributed by atoms with Crippen molar-refractivity contribution in [2.75, 3.05) is 18.0 Å². The molecular formula is C26H23F2N3O3S2. The maximum atomic E-state index is 14.3. The third kappa shape index (κ3) is 4.88. The van der Waals surface area contributed by atoms with E-state index in [0.29, 0.717) is 13.1 Å². The minimum absolute atomic E-state index is 0.00904. The molecule has 2 heterocycles. The Morgan fingerprint density at radius 3 is 2.36 bits per heavy atom. The fourth-order valence-electron chi connectivity index (χ4n) is 4.23. The van der Waals surface area contributed by atoms with Crippen molar-refractivity contribution in [3.05, 3.63) is 89.5 Å². The molecule has 0 bridgehead atoms. The second-order valence-electron chi connectivity index (χ2n) is 8.60. The SMILES string of the molecule is O=C(c1ccc(S(=O)(=O)N2CCCCC2)cc1)N(Cc1ccccc1)c1nc2c(F)cc(F)cc2s1. The van der Waals surface area contributed by atoms with Crippen molar-refractivity contribution in [2.45, 2.75) is 30.7 Å². The van der Waals surface area contributed by atoms with Gasteiger partial charge in [-0.15, -0.1) is 0 Å². The molecule has 0 radical (unpaired) electrons. The molecule has 5 rings (SSSR count). The summed E-state index contributed by atoms with van der Waals surface area (Å²) in [6.45, 7) is 1.13. The number of thiazole rings is 1. The monoisotopic (exact) mass is 527 g/mol. The van der Waals surface area contributed by atoms with Crippen LogP contribution in [0.15, 0.2) is 71.6 Å². The van der Waals surface area contributed by atoms with E-state index in [0.717, 1.165) is 42.2 Å². The number of fused-ring (bicyclic) bond motifs is 1. The van der Waals surface area contributed by atoms with Gasteiger partial charge < -0.3 is 0 Å². The van der Waals surface area contributed by atoms with Crippen molar-refractivity contribution >= 4 is 42.6 Å². The molecular weight excluding hydrogens is 504 g/mol. The van der Waals surface area contributed by atoms with Crippen LogP contribution < -0.4 is 4.90 Å². The van der Waals surface area contributed by atoms with Crippen molar-refractivity contribution in [1.82, 2.24) is 9.29 Å². The third-order valence-electron chi connectivity index (χ3n) is 6.12. The number of carbonyl (C=O) groups excluding carboxylic acids is 1. The normalized spacial score (nSPS) is 14.7. The number of carbonyl (C=O) groups is 1. The average Bonchev–Trinajstić information content (AvgIpc) is 3.32. The minimum Gasteiger partial charge on any atom is -0.279 e. The number of hydrogen-bond acceptors (Lipinski definition) is 5. The van der Waals surface area contributed by atoms with Crippen LogP contribution in [0.5, 0.6) is 0 Å². The highest BCUT2D eigenvalue weighted by Gasteiger charge is 2.27. The maximum absolute atomic E-state index is 14.3. The summed E-state index contributed by atoms with van der Waals surface area (Å²) in [5.74, 6) is -1.95. The minimum atomic E-state index is -3.63. The van der Waals surface area contributed by atoms with Crippen LogP contribution in [-0.2, 0) is 16.6 Å². The van der Waals surface area contributed by atoms with Gasteiger partial charge in [0, 0.05) is 24.7 Å². The topological polar surface area (TPSA) is 70.6 Å². The molecule has 0 spiro atoms. The molecule has 1 amide bonds. The maximum Gasteiger partial charge on any atom is 0.260 e. The van der Waals surface area contributed by atoms with Gasteiger partial charge in [0.1, 0.15) is 11.3 Å². The highest BCUT2D eigenvalue weighted by molar-refractivity contribution is 7.89. The Morgan fingerprint density at radius 1 is 0.972 bits per heavy atom. The largest absolute Gasteiger partial charge is 0.279 e. The van der Waals surface area contributed by atoms with E-state index in [-0.39, 0.29) is 32.4 Å². The smallest absolute Gasteiger partial charge is 0.260 e. The second-order valence-corrected chi connectivity index (χ2v) is 11.5. The summed E-state index contributed by atoms with van der Waals surface area (Å²) in [4.78, 5) is 19.4. The zero-order chi connectivity index (χ0) is 25.3. The van der Waals surface area contributed by atoms with Gasteiger partial charge in [-0.1, -0.05) is 48.1 Å². The lowest BCUT2D eigenvalue weighted by Crippen LogP contribution is -2.35. The van der Waals surface area contributed by atoms with E-state index in [1.165, 1.54) is 39.5 Å². The number of benzene rings is 3. The van der Waals surface area contributed by atoms with Crippen molar-refractivity contribution in [2.24, 2.45) is 0 Å². The molecule has 0 saturated carbocycles. The lowest BCUT2D eigenvalue weighted by Gasteiger charge is -2.26. The summed E-state index contributed by atoms with van der Waals surface area (Å²) >= 11 is 1.01. The molecule has 0 N–H and O–H groups in total. The molecule has 6 nitrogen and oxygen atoms in total. The zero-order valence-electron chi connectivity index (χ0n) is 19.2. The van der Waals surface area contributed by atoms with E-state index in [9.17, 15) is 22.0 Å². The number of piperidine rings is 1. The van der Waals surface area contributed by atoms with Crippen LogP contribution >= 0.6 is 11.3 Å². The van der Waals surface area contributed by atoms with Crippen LogP contribution in [0.3, 0.4) is 0 Å². The number of sulfonamides is 1. The lowest BCUT2D eigenvalue weighted by atomic mass is 10.1. The van der Waals surface area contributed by atoms with Gasteiger partial charge in [0.25, 0.3) is 5.91 Å². The number of hydrogen-bond donors (Lipinski definition) is 0. The van der Waals surface area contributed by atoms with E-state index in [4.69, 9.17) is 0 Å². The fraction of sp³-hybridized carbons (Fsp3) is 0.231. The first kappa shape index (κ1) is 24.5. The summed E-state index contributed by atoms with van der Waals surface area (Å²) in [6, 6.07) is 17.0. The number of aromatic nitrogens is 1. The van der Waals surface area contributed by atoms with Crippen molar-refractivity contribution in [1.29, 1.82) is 0 Å². The Balaban J connectivity index is 1.49. The second kappa shape index (κ2) is 10.0. The summed E-state index contributed by atoms with van der Waals surface area (Å²) < 4.78 is 55.8. The van der Waals surface area contributed by atoms with Crippen LogP contribution in [0.1, 0.15) is 35.2 Å². The first-order valence-corrected chi connectivity index (χ1v) is 13.8. The quantitative estimate of drug-likeness (QED) is 0.328. The van der Waals surface area contributed by atoms with Crippen molar-refractivity contribution < 1.29 is 22.0 Å². The molecule has 1 saturated heterocycles. The molecule has 3 aromatic carbocycles. The Morgan fingerprint density at radius 2 is 1.67 bits per heavy atom. The van der Waals surface area contributed by atoms with Gasteiger partial charge in [0.05, 0.1) is 16.1 Å². The van der Waals surface area contributed by atoms with Gasteiger partial charge in [0.2, 0.25) is 10.0 Å². The molecule has 1 aliphatic heterocycles. The van der Waals surface area contributed by atoms with Crippen LogP contribution in [0, 0.1) is 11.6 Å². The summed E-state index contributed by atoms with van der Waals surface area (Å²) in [7, 11) is -3.63. The zero-order valence-corrected chi connectivity index (χ0v) is 20.9. The van der Waals surface area contributed by atoms with E-state index >= 15 is 0 Å². The highest BCUT2D eigenvalue weighted by atomic mass is 32.2. The standard InChI is InChI=1S/C26H23F2N3O3S2/c27-20-15-22(28)24-23(16-20)35-26(29-24)31(17-18-7-3-1-4-8-18)25(32)19-9-11-21(12-10-19)36(33,34)30-13-5-2-6-14-30/h1,3-4,7-12,15-16H,2,5-6,13-14,17H2. The first-order chi connectivity index (χ1) is 17.3. The predicted octanol–water partition coefficient (Wildman–Crippen LogP) is 5.60. The third-order valence-corrected chi connectivity index (χ3v) is 9.05. The van der Waals surface area contributed by atoms with E-state index < -0.39 is 27.6 Å². The molecule has 0 aliphatic carbocycles. The Kier molecular flexibility index (Phi) is 6.83. The van der Waals surface area contributed by atoms with E-state index in [2.05, 4.69) is 4.98 Å². The van der Waals surface area contributed by atoms with Gasteiger partial charge >= 0.3 is 0 Å². The molecule has 0 unspecified atom stereocenters. The Bertz CT molecular complexity index is 1500. The molecule has 1 aromatic heterocycles. The molecule has 1 fully saturated rings.